The maximum absolute atomic E-state index is 13.9. The quantitative estimate of drug-likeness (QED) is 0.540. The molecule has 154 valence electrons. The molecule has 2 aliphatic heterocycles. The fourth-order valence-electron chi connectivity index (χ4n) is 4.53. The third kappa shape index (κ3) is 2.56. The lowest BCUT2D eigenvalue weighted by Gasteiger charge is -2.48. The van der Waals surface area contributed by atoms with Crippen molar-refractivity contribution in [1.82, 2.24) is 0 Å². The van der Waals surface area contributed by atoms with Gasteiger partial charge in [-0.15, -0.1) is 0 Å². The largest absolute Gasteiger partial charge is 0.443 e. The molecule has 0 spiro atoms. The van der Waals surface area contributed by atoms with Crippen LogP contribution in [0.2, 0.25) is 0 Å². The fourth-order valence-corrected chi connectivity index (χ4v) is 5.19. The summed E-state index contributed by atoms with van der Waals surface area (Å²) in [7, 11) is 0. The van der Waals surface area contributed by atoms with Crippen molar-refractivity contribution in [2.45, 2.75) is 18.8 Å². The third-order valence-electron chi connectivity index (χ3n) is 6.16. The predicted molar refractivity (Wildman–Crippen MR) is 113 cm³/mol. The molecule has 2 saturated heterocycles. The van der Waals surface area contributed by atoms with Gasteiger partial charge in [-0.25, -0.2) is 4.39 Å². The second-order valence-corrected chi connectivity index (χ2v) is 9.22. The summed E-state index contributed by atoms with van der Waals surface area (Å²) in [5, 5.41) is 39.2. The zero-order valence-electron chi connectivity index (χ0n) is 16.0. The van der Waals surface area contributed by atoms with Crippen molar-refractivity contribution in [3.63, 3.8) is 0 Å². The van der Waals surface area contributed by atoms with E-state index in [4.69, 9.17) is 14.9 Å². The molecule has 2 aromatic rings. The van der Waals surface area contributed by atoms with E-state index in [1.165, 1.54) is 18.2 Å². The number of rotatable bonds is 2. The van der Waals surface area contributed by atoms with Crippen LogP contribution in [0.3, 0.4) is 0 Å². The van der Waals surface area contributed by atoms with Crippen molar-refractivity contribution in [3.8, 4) is 18.2 Å². The Morgan fingerprint density at radius 1 is 1.03 bits per heavy atom. The molecule has 0 amide bonds. The number of ether oxygens (including phenoxy) is 2. The van der Waals surface area contributed by atoms with Crippen molar-refractivity contribution in [3.05, 3.63) is 68.4 Å². The van der Waals surface area contributed by atoms with Gasteiger partial charge >= 0.3 is 0 Å². The Morgan fingerprint density at radius 3 is 2.23 bits per heavy atom. The minimum absolute atomic E-state index is 0.115. The molecule has 4 rings (SSSR count). The van der Waals surface area contributed by atoms with Crippen LogP contribution in [0.5, 0.6) is 0 Å². The van der Waals surface area contributed by atoms with Crippen molar-refractivity contribution in [2.75, 3.05) is 0 Å². The molecule has 9 heteroatoms. The molecule has 0 radical (unpaired) electrons. The van der Waals surface area contributed by atoms with Gasteiger partial charge < -0.3 is 9.47 Å². The normalized spacial score (nSPS) is 30.5. The molecule has 0 saturated carbocycles. The number of hydrogen-bond acceptors (Lipinski definition) is 6. The highest BCUT2D eigenvalue weighted by Crippen LogP contribution is 2.69. The van der Waals surface area contributed by atoms with Gasteiger partial charge in [0.25, 0.3) is 0 Å². The lowest BCUT2D eigenvalue weighted by Crippen LogP contribution is -2.57. The molecule has 2 bridgehead atoms. The number of fused-ring (bicyclic) bond motifs is 2. The Hall–Kier alpha value is -2.77. The predicted octanol–water partition coefficient (Wildman–Crippen LogP) is 5.46. The number of nitrogens with one attached hydrogen (secondary N) is 1. The summed E-state index contributed by atoms with van der Waals surface area (Å²) in [4.78, 5) is 0. The van der Waals surface area contributed by atoms with Gasteiger partial charge in [-0.05, 0) is 45.8 Å². The summed E-state index contributed by atoms with van der Waals surface area (Å²) in [5.41, 5.74) is -3.18. The average Bonchev–Trinajstić information content (AvgIpc) is 2.92. The van der Waals surface area contributed by atoms with Crippen molar-refractivity contribution < 1.29 is 13.9 Å². The maximum atomic E-state index is 13.9. The molecule has 4 unspecified atom stereocenters. The summed E-state index contributed by atoms with van der Waals surface area (Å²) in [5.74, 6) is -3.48. The molecule has 2 aliphatic rings. The van der Waals surface area contributed by atoms with Crippen LogP contribution in [0.1, 0.15) is 24.2 Å². The van der Waals surface area contributed by atoms with Crippen molar-refractivity contribution in [2.24, 2.45) is 16.7 Å². The van der Waals surface area contributed by atoms with Crippen molar-refractivity contribution in [1.29, 1.82) is 21.2 Å². The Labute approximate surface area is 194 Å². The summed E-state index contributed by atoms with van der Waals surface area (Å²) in [6.45, 7) is 1.63. The van der Waals surface area contributed by atoms with E-state index in [-0.39, 0.29) is 4.47 Å². The maximum Gasteiger partial charge on any atom is 0.244 e. The van der Waals surface area contributed by atoms with Gasteiger partial charge in [0, 0.05) is 10.0 Å². The molecule has 2 fully saturated rings. The van der Waals surface area contributed by atoms with Gasteiger partial charge in [-0.1, -0.05) is 41.1 Å². The molecule has 2 heterocycles. The van der Waals surface area contributed by atoms with E-state index in [2.05, 4.69) is 37.9 Å². The van der Waals surface area contributed by atoms with E-state index in [0.717, 1.165) is 4.47 Å². The minimum atomic E-state index is -2.11. The third-order valence-corrected chi connectivity index (χ3v) is 7.30. The molecule has 31 heavy (non-hydrogen) atoms. The second-order valence-electron chi connectivity index (χ2n) is 7.45. The minimum Gasteiger partial charge on any atom is -0.443 e. The zero-order chi connectivity index (χ0) is 22.6. The highest BCUT2D eigenvalue weighted by molar-refractivity contribution is 9.10. The zero-order valence-corrected chi connectivity index (χ0v) is 19.2. The van der Waals surface area contributed by atoms with Crippen LogP contribution in [0.25, 0.3) is 0 Å². The summed E-state index contributed by atoms with van der Waals surface area (Å²) in [6, 6.07) is 16.9. The van der Waals surface area contributed by atoms with E-state index in [1.54, 1.807) is 31.2 Å². The van der Waals surface area contributed by atoms with Crippen LogP contribution in [-0.2, 0) is 15.3 Å². The van der Waals surface area contributed by atoms with E-state index >= 15 is 0 Å². The lowest BCUT2D eigenvalue weighted by atomic mass is 9.53. The van der Waals surface area contributed by atoms with Crippen LogP contribution in [-0.4, -0.2) is 5.90 Å². The number of nitriles is 3. The monoisotopic (exact) mass is 542 g/mol. The number of benzene rings is 2. The first-order chi connectivity index (χ1) is 14.7. The number of nitrogens with zero attached hydrogens (tertiary/aromatic N) is 3. The SMILES string of the molecule is CC1C2(c3ccc(Br)cc3)OC(=N)C1(C#N)C(C#N)(C#N)C(c1ccc(F)c(Br)c1)O2. The molecular formula is C22H13Br2FN4O2. The van der Waals surface area contributed by atoms with E-state index in [0.29, 0.717) is 11.1 Å². The van der Waals surface area contributed by atoms with Gasteiger partial charge in [0.2, 0.25) is 17.1 Å². The van der Waals surface area contributed by atoms with Crippen LogP contribution in [0.4, 0.5) is 4.39 Å². The molecule has 0 aromatic heterocycles. The van der Waals surface area contributed by atoms with Gasteiger partial charge in [0.1, 0.15) is 11.9 Å². The summed E-state index contributed by atoms with van der Waals surface area (Å²) < 4.78 is 27.1. The highest BCUT2D eigenvalue weighted by atomic mass is 79.9. The summed E-state index contributed by atoms with van der Waals surface area (Å²) >= 11 is 6.49. The average molecular weight is 544 g/mol. The summed E-state index contributed by atoms with van der Waals surface area (Å²) in [6.07, 6.45) is -1.29. The van der Waals surface area contributed by atoms with Crippen LogP contribution >= 0.6 is 31.9 Å². The molecule has 6 nitrogen and oxygen atoms in total. The molecule has 0 aliphatic carbocycles. The Morgan fingerprint density at radius 2 is 1.68 bits per heavy atom. The molecule has 1 N–H and O–H groups in total. The first-order valence-electron chi connectivity index (χ1n) is 9.13. The highest BCUT2D eigenvalue weighted by Gasteiger charge is 2.79. The Balaban J connectivity index is 2.04. The van der Waals surface area contributed by atoms with Crippen molar-refractivity contribution >= 4 is 37.8 Å². The van der Waals surface area contributed by atoms with E-state index in [1.807, 2.05) is 12.1 Å². The second kappa shape index (κ2) is 7.14. The van der Waals surface area contributed by atoms with Gasteiger partial charge in [-0.2, -0.15) is 15.8 Å². The molecular weight excluding hydrogens is 531 g/mol. The molecule has 4 atom stereocenters. The van der Waals surface area contributed by atoms with Gasteiger partial charge in [-0.3, -0.25) is 5.41 Å². The standard InChI is InChI=1S/C22H13Br2FN4O2/c1-12-21(11-28)19(29)31-22(12,14-3-5-15(23)6-4-14)30-18(20(21,9-26)10-27)13-2-7-17(25)16(24)8-13/h2-8,12,18,29H,1H3. The first-order valence-corrected chi connectivity index (χ1v) is 10.7. The first kappa shape index (κ1) is 21.5. The van der Waals surface area contributed by atoms with Crippen LogP contribution in [0, 0.1) is 62.0 Å². The Kier molecular flexibility index (Phi) is 4.94. The van der Waals surface area contributed by atoms with Gasteiger partial charge in [0.05, 0.1) is 28.6 Å². The van der Waals surface area contributed by atoms with E-state index in [9.17, 15) is 20.2 Å². The Bertz CT molecular complexity index is 1220. The lowest BCUT2D eigenvalue weighted by molar-refractivity contribution is -0.288. The van der Waals surface area contributed by atoms with Crippen LogP contribution < -0.4 is 0 Å². The smallest absolute Gasteiger partial charge is 0.244 e. The van der Waals surface area contributed by atoms with E-state index < -0.39 is 40.4 Å². The van der Waals surface area contributed by atoms with Crippen LogP contribution in [0.15, 0.2) is 51.4 Å². The fraction of sp³-hybridized carbons (Fsp3) is 0.273. The number of halogens is 3. The molecule has 2 aromatic carbocycles. The number of hydrogen-bond donors (Lipinski definition) is 1. The van der Waals surface area contributed by atoms with Gasteiger partial charge in [0.15, 0.2) is 5.41 Å². The topological polar surface area (TPSA) is 114 Å².